The average Bonchev–Trinajstić information content (AvgIpc) is 2.67. The van der Waals surface area contributed by atoms with Crippen LogP contribution in [-0.4, -0.2) is 23.6 Å². The zero-order valence-electron chi connectivity index (χ0n) is 9.00. The Kier molecular flexibility index (Phi) is 2.87. The van der Waals surface area contributed by atoms with E-state index in [4.69, 9.17) is 4.74 Å². The fourth-order valence-corrected chi connectivity index (χ4v) is 1.50. The maximum Gasteiger partial charge on any atom is 0.121 e. The van der Waals surface area contributed by atoms with Gasteiger partial charge >= 0.3 is 0 Å². The van der Waals surface area contributed by atoms with Gasteiger partial charge in [-0.15, -0.1) is 0 Å². The maximum absolute atomic E-state index is 5.15. The summed E-state index contributed by atoms with van der Waals surface area (Å²) in [6, 6.07) is 5.83. The number of fused-ring (bicyclic) bond motifs is 1. The van der Waals surface area contributed by atoms with Crippen LogP contribution in [0.3, 0.4) is 0 Å². The number of hydrogen-bond donors (Lipinski definition) is 2. The van der Waals surface area contributed by atoms with Crippen molar-refractivity contribution in [1.82, 2.24) is 15.3 Å². The third-order valence-corrected chi connectivity index (χ3v) is 2.28. The topological polar surface area (TPSA) is 49.9 Å². The zero-order valence-corrected chi connectivity index (χ0v) is 9.00. The van der Waals surface area contributed by atoms with Gasteiger partial charge in [0.1, 0.15) is 11.6 Å². The molecule has 2 rings (SSSR count). The molecule has 1 aromatic carbocycles. The molecule has 0 atom stereocenters. The Hall–Kier alpha value is -1.55. The minimum atomic E-state index is 0.771. The minimum Gasteiger partial charge on any atom is -0.497 e. The molecule has 4 heteroatoms. The van der Waals surface area contributed by atoms with Gasteiger partial charge in [0.2, 0.25) is 0 Å². The van der Waals surface area contributed by atoms with Crippen molar-refractivity contribution in [2.24, 2.45) is 0 Å². The van der Waals surface area contributed by atoms with Gasteiger partial charge in [-0.05, 0) is 18.7 Å². The van der Waals surface area contributed by atoms with Gasteiger partial charge in [0.05, 0.1) is 24.7 Å². The van der Waals surface area contributed by atoms with Gasteiger partial charge in [-0.2, -0.15) is 0 Å². The molecular weight excluding hydrogens is 190 g/mol. The van der Waals surface area contributed by atoms with E-state index in [0.717, 1.165) is 35.7 Å². The lowest BCUT2D eigenvalue weighted by atomic mass is 10.3. The van der Waals surface area contributed by atoms with Crippen molar-refractivity contribution >= 4 is 11.0 Å². The van der Waals surface area contributed by atoms with Crippen molar-refractivity contribution in [3.05, 3.63) is 24.0 Å². The first-order chi connectivity index (χ1) is 7.33. The molecule has 0 aliphatic heterocycles. The maximum atomic E-state index is 5.15. The Morgan fingerprint density at radius 2 is 2.33 bits per heavy atom. The summed E-state index contributed by atoms with van der Waals surface area (Å²) in [5.74, 6) is 1.81. The summed E-state index contributed by atoms with van der Waals surface area (Å²) < 4.78 is 5.15. The summed E-state index contributed by atoms with van der Waals surface area (Å²) in [6.45, 7) is 3.79. The molecule has 2 N–H and O–H groups in total. The Balaban J connectivity index is 2.29. The standard InChI is InChI=1S/C11H15N3O/c1-3-12-7-11-13-9-5-4-8(15-2)6-10(9)14-11/h4-6,12H,3,7H2,1-2H3,(H,13,14). The summed E-state index contributed by atoms with van der Waals surface area (Å²) in [6.07, 6.45) is 0. The predicted molar refractivity (Wildman–Crippen MR) is 60.0 cm³/mol. The van der Waals surface area contributed by atoms with E-state index in [-0.39, 0.29) is 0 Å². The number of aromatic amines is 1. The molecule has 4 nitrogen and oxygen atoms in total. The molecule has 1 heterocycles. The Morgan fingerprint density at radius 3 is 3.07 bits per heavy atom. The number of ether oxygens (including phenoxy) is 1. The van der Waals surface area contributed by atoms with Crippen molar-refractivity contribution < 1.29 is 4.74 Å². The van der Waals surface area contributed by atoms with E-state index >= 15 is 0 Å². The lowest BCUT2D eigenvalue weighted by Gasteiger charge is -1.96. The minimum absolute atomic E-state index is 0.771. The number of aromatic nitrogens is 2. The van der Waals surface area contributed by atoms with Crippen LogP contribution >= 0.6 is 0 Å². The molecule has 0 bridgehead atoms. The van der Waals surface area contributed by atoms with Crippen LogP contribution in [-0.2, 0) is 6.54 Å². The van der Waals surface area contributed by atoms with E-state index in [9.17, 15) is 0 Å². The van der Waals surface area contributed by atoms with Crippen molar-refractivity contribution in [2.45, 2.75) is 13.5 Å². The Morgan fingerprint density at radius 1 is 1.47 bits per heavy atom. The van der Waals surface area contributed by atoms with Crippen LogP contribution in [0.15, 0.2) is 18.2 Å². The second kappa shape index (κ2) is 4.31. The molecule has 80 valence electrons. The first-order valence-corrected chi connectivity index (χ1v) is 5.07. The molecule has 0 radical (unpaired) electrons. The molecule has 15 heavy (non-hydrogen) atoms. The quantitative estimate of drug-likeness (QED) is 0.798. The van der Waals surface area contributed by atoms with E-state index in [0.29, 0.717) is 0 Å². The monoisotopic (exact) mass is 205 g/mol. The van der Waals surface area contributed by atoms with E-state index in [1.165, 1.54) is 0 Å². The number of benzene rings is 1. The number of rotatable bonds is 4. The molecule has 0 unspecified atom stereocenters. The third-order valence-electron chi connectivity index (χ3n) is 2.28. The number of nitrogens with zero attached hydrogens (tertiary/aromatic N) is 1. The van der Waals surface area contributed by atoms with Crippen molar-refractivity contribution in [3.8, 4) is 5.75 Å². The summed E-state index contributed by atoms with van der Waals surface area (Å²) in [5, 5.41) is 3.23. The number of imidazole rings is 1. The molecule has 1 aromatic heterocycles. The van der Waals surface area contributed by atoms with Crippen molar-refractivity contribution in [1.29, 1.82) is 0 Å². The molecule has 0 saturated heterocycles. The zero-order chi connectivity index (χ0) is 10.7. The Bertz CT molecular complexity index is 450. The molecule has 0 spiro atoms. The van der Waals surface area contributed by atoms with Gasteiger partial charge in [-0.25, -0.2) is 4.98 Å². The lowest BCUT2D eigenvalue weighted by Crippen LogP contribution is -2.12. The summed E-state index contributed by atoms with van der Waals surface area (Å²) >= 11 is 0. The van der Waals surface area contributed by atoms with E-state index in [1.54, 1.807) is 7.11 Å². The van der Waals surface area contributed by atoms with Crippen LogP contribution in [0.5, 0.6) is 5.75 Å². The molecule has 0 aliphatic rings. The highest BCUT2D eigenvalue weighted by Gasteiger charge is 2.02. The first kappa shape index (κ1) is 9.98. The predicted octanol–water partition coefficient (Wildman–Crippen LogP) is 1.68. The summed E-state index contributed by atoms with van der Waals surface area (Å²) in [7, 11) is 1.66. The van der Waals surface area contributed by atoms with Crippen molar-refractivity contribution in [3.63, 3.8) is 0 Å². The molecule has 0 fully saturated rings. The van der Waals surface area contributed by atoms with Gasteiger partial charge in [-0.3, -0.25) is 0 Å². The summed E-state index contributed by atoms with van der Waals surface area (Å²) in [5.41, 5.74) is 1.99. The SMILES string of the molecule is CCNCc1nc2ccc(OC)cc2[nH]1. The second-order valence-electron chi connectivity index (χ2n) is 3.35. The van der Waals surface area contributed by atoms with Gasteiger partial charge < -0.3 is 15.0 Å². The van der Waals surface area contributed by atoms with Crippen LogP contribution < -0.4 is 10.1 Å². The van der Waals surface area contributed by atoms with Gasteiger partial charge in [0, 0.05) is 6.07 Å². The normalized spacial score (nSPS) is 10.8. The smallest absolute Gasteiger partial charge is 0.121 e. The molecule has 0 aliphatic carbocycles. The molecule has 2 aromatic rings. The van der Waals surface area contributed by atoms with Gasteiger partial charge in [0.25, 0.3) is 0 Å². The van der Waals surface area contributed by atoms with Crippen LogP contribution in [0.4, 0.5) is 0 Å². The molecular formula is C11H15N3O. The van der Waals surface area contributed by atoms with Crippen LogP contribution in [0.25, 0.3) is 11.0 Å². The van der Waals surface area contributed by atoms with E-state index in [1.807, 2.05) is 18.2 Å². The fraction of sp³-hybridized carbons (Fsp3) is 0.364. The Labute approximate surface area is 88.7 Å². The number of nitrogens with one attached hydrogen (secondary N) is 2. The lowest BCUT2D eigenvalue weighted by molar-refractivity contribution is 0.415. The largest absolute Gasteiger partial charge is 0.497 e. The number of hydrogen-bond acceptors (Lipinski definition) is 3. The second-order valence-corrected chi connectivity index (χ2v) is 3.35. The summed E-state index contributed by atoms with van der Waals surface area (Å²) in [4.78, 5) is 7.70. The highest BCUT2D eigenvalue weighted by molar-refractivity contribution is 5.76. The first-order valence-electron chi connectivity index (χ1n) is 5.07. The number of H-pyrrole nitrogens is 1. The fourth-order valence-electron chi connectivity index (χ4n) is 1.50. The highest BCUT2D eigenvalue weighted by atomic mass is 16.5. The molecule has 0 amide bonds. The highest BCUT2D eigenvalue weighted by Crippen LogP contribution is 2.18. The van der Waals surface area contributed by atoms with E-state index < -0.39 is 0 Å². The molecule has 0 saturated carbocycles. The average molecular weight is 205 g/mol. The van der Waals surface area contributed by atoms with Crippen molar-refractivity contribution in [2.75, 3.05) is 13.7 Å². The third kappa shape index (κ3) is 2.10. The van der Waals surface area contributed by atoms with E-state index in [2.05, 4.69) is 22.2 Å². The number of methoxy groups -OCH3 is 1. The van der Waals surface area contributed by atoms with Gasteiger partial charge in [-0.1, -0.05) is 6.92 Å². The van der Waals surface area contributed by atoms with Crippen LogP contribution in [0.2, 0.25) is 0 Å². The van der Waals surface area contributed by atoms with Gasteiger partial charge in [0.15, 0.2) is 0 Å². The van der Waals surface area contributed by atoms with Crippen LogP contribution in [0, 0.1) is 0 Å². The van der Waals surface area contributed by atoms with Crippen LogP contribution in [0.1, 0.15) is 12.7 Å².